The minimum Gasteiger partial charge on any atom is -0.493 e. The number of hydrogen-bond acceptors (Lipinski definition) is 4. The fraction of sp³-hybridized carbons (Fsp3) is 0.600. The van der Waals surface area contributed by atoms with E-state index in [9.17, 15) is 5.11 Å². The minimum atomic E-state index is -0.698. The summed E-state index contributed by atoms with van der Waals surface area (Å²) in [6.45, 7) is 7.11. The first-order valence-corrected chi connectivity index (χ1v) is 6.54. The molecule has 2 N–H and O–H groups in total. The van der Waals surface area contributed by atoms with E-state index in [1.807, 2.05) is 39.0 Å². The van der Waals surface area contributed by atoms with Gasteiger partial charge in [-0.25, -0.2) is 0 Å². The van der Waals surface area contributed by atoms with E-state index < -0.39 is 5.60 Å². The van der Waals surface area contributed by atoms with Gasteiger partial charge in [0.15, 0.2) is 11.5 Å². The van der Waals surface area contributed by atoms with Crippen LogP contribution in [0.25, 0.3) is 0 Å². The van der Waals surface area contributed by atoms with Crippen molar-refractivity contribution in [2.75, 3.05) is 20.8 Å². The molecule has 108 valence electrons. The van der Waals surface area contributed by atoms with Gasteiger partial charge in [0.05, 0.1) is 19.8 Å². The standard InChI is InChI=1S/C15H25NO3/c1-11(2)15(3,17)10-16-9-12-6-7-13(18-4)14(8-12)19-5/h6-8,11,16-17H,9-10H2,1-5H3. The zero-order valence-corrected chi connectivity index (χ0v) is 12.5. The summed E-state index contributed by atoms with van der Waals surface area (Å²) in [5.41, 5.74) is 0.397. The van der Waals surface area contributed by atoms with Gasteiger partial charge in [-0.3, -0.25) is 0 Å². The van der Waals surface area contributed by atoms with Gasteiger partial charge in [0.25, 0.3) is 0 Å². The molecule has 1 rings (SSSR count). The van der Waals surface area contributed by atoms with Crippen LogP contribution in [0.2, 0.25) is 0 Å². The van der Waals surface area contributed by atoms with E-state index >= 15 is 0 Å². The first kappa shape index (κ1) is 15.8. The third kappa shape index (κ3) is 4.40. The Hall–Kier alpha value is -1.26. The minimum absolute atomic E-state index is 0.213. The highest BCUT2D eigenvalue weighted by Crippen LogP contribution is 2.27. The van der Waals surface area contributed by atoms with Gasteiger partial charge in [0.1, 0.15) is 0 Å². The summed E-state index contributed by atoms with van der Waals surface area (Å²) in [5.74, 6) is 1.66. The Balaban J connectivity index is 2.59. The van der Waals surface area contributed by atoms with Crippen LogP contribution >= 0.6 is 0 Å². The fourth-order valence-electron chi connectivity index (χ4n) is 1.65. The monoisotopic (exact) mass is 267 g/mol. The van der Waals surface area contributed by atoms with Gasteiger partial charge in [-0.1, -0.05) is 19.9 Å². The highest BCUT2D eigenvalue weighted by atomic mass is 16.5. The van der Waals surface area contributed by atoms with Crippen LogP contribution in [0.5, 0.6) is 11.5 Å². The number of aliphatic hydroxyl groups is 1. The lowest BCUT2D eigenvalue weighted by Crippen LogP contribution is -2.41. The Kier molecular flexibility index (Phi) is 5.63. The van der Waals surface area contributed by atoms with Crippen molar-refractivity contribution in [3.63, 3.8) is 0 Å². The maximum Gasteiger partial charge on any atom is 0.161 e. The molecule has 1 unspecified atom stereocenters. The summed E-state index contributed by atoms with van der Waals surface area (Å²) in [6.07, 6.45) is 0. The Labute approximate surface area is 115 Å². The number of hydrogen-bond donors (Lipinski definition) is 2. The van der Waals surface area contributed by atoms with E-state index in [0.717, 1.165) is 17.1 Å². The zero-order chi connectivity index (χ0) is 14.5. The van der Waals surface area contributed by atoms with Crippen molar-refractivity contribution in [1.82, 2.24) is 5.32 Å². The predicted octanol–water partition coefficient (Wildman–Crippen LogP) is 2.20. The van der Waals surface area contributed by atoms with Crippen LogP contribution in [0.4, 0.5) is 0 Å². The van der Waals surface area contributed by atoms with Crippen LogP contribution in [0.15, 0.2) is 18.2 Å². The van der Waals surface area contributed by atoms with E-state index in [2.05, 4.69) is 5.32 Å². The van der Waals surface area contributed by atoms with Gasteiger partial charge < -0.3 is 19.9 Å². The topological polar surface area (TPSA) is 50.7 Å². The normalized spacial score (nSPS) is 14.3. The summed E-state index contributed by atoms with van der Waals surface area (Å²) < 4.78 is 10.5. The van der Waals surface area contributed by atoms with Crippen molar-refractivity contribution >= 4 is 0 Å². The summed E-state index contributed by atoms with van der Waals surface area (Å²) in [7, 11) is 3.24. The average molecular weight is 267 g/mol. The number of benzene rings is 1. The van der Waals surface area contributed by atoms with Gasteiger partial charge in [-0.15, -0.1) is 0 Å². The SMILES string of the molecule is COc1ccc(CNCC(C)(O)C(C)C)cc1OC. The summed E-state index contributed by atoms with van der Waals surface area (Å²) in [5, 5.41) is 13.4. The van der Waals surface area contributed by atoms with E-state index in [1.54, 1.807) is 14.2 Å². The number of methoxy groups -OCH3 is 2. The molecule has 4 nitrogen and oxygen atoms in total. The lowest BCUT2D eigenvalue weighted by atomic mass is 9.92. The highest BCUT2D eigenvalue weighted by molar-refractivity contribution is 5.42. The van der Waals surface area contributed by atoms with Crippen molar-refractivity contribution in [3.05, 3.63) is 23.8 Å². The van der Waals surface area contributed by atoms with Gasteiger partial charge >= 0.3 is 0 Å². The molecule has 0 saturated heterocycles. The zero-order valence-electron chi connectivity index (χ0n) is 12.5. The predicted molar refractivity (Wildman–Crippen MR) is 76.7 cm³/mol. The maximum absolute atomic E-state index is 10.1. The molecule has 1 atom stereocenters. The summed E-state index contributed by atoms with van der Waals surface area (Å²) in [6, 6.07) is 5.81. The van der Waals surface area contributed by atoms with Crippen LogP contribution in [0.1, 0.15) is 26.3 Å². The molecule has 0 bridgehead atoms. The number of ether oxygens (including phenoxy) is 2. The highest BCUT2D eigenvalue weighted by Gasteiger charge is 2.23. The Morgan fingerprint density at radius 1 is 1.21 bits per heavy atom. The van der Waals surface area contributed by atoms with Crippen molar-refractivity contribution in [3.8, 4) is 11.5 Å². The Morgan fingerprint density at radius 3 is 2.37 bits per heavy atom. The van der Waals surface area contributed by atoms with Crippen LogP contribution in [-0.4, -0.2) is 31.5 Å². The molecule has 0 heterocycles. The van der Waals surface area contributed by atoms with Crippen molar-refractivity contribution in [2.24, 2.45) is 5.92 Å². The number of rotatable bonds is 7. The van der Waals surface area contributed by atoms with Crippen molar-refractivity contribution in [1.29, 1.82) is 0 Å². The quantitative estimate of drug-likeness (QED) is 0.795. The molecule has 19 heavy (non-hydrogen) atoms. The second kappa shape index (κ2) is 6.78. The smallest absolute Gasteiger partial charge is 0.161 e. The molecule has 0 spiro atoms. The second-order valence-corrected chi connectivity index (χ2v) is 5.30. The molecule has 0 radical (unpaired) electrons. The van der Waals surface area contributed by atoms with Gasteiger partial charge in [0.2, 0.25) is 0 Å². The Morgan fingerprint density at radius 2 is 1.84 bits per heavy atom. The Bertz CT molecular complexity index is 402. The molecule has 0 aromatic heterocycles. The molecule has 0 aliphatic heterocycles. The molecule has 1 aromatic rings. The fourth-order valence-corrected chi connectivity index (χ4v) is 1.65. The molecule has 0 amide bonds. The molecule has 0 aliphatic carbocycles. The van der Waals surface area contributed by atoms with Gasteiger partial charge in [-0.2, -0.15) is 0 Å². The van der Waals surface area contributed by atoms with Gasteiger partial charge in [0, 0.05) is 13.1 Å². The van der Waals surface area contributed by atoms with E-state index in [4.69, 9.17) is 9.47 Å². The third-order valence-corrected chi connectivity index (χ3v) is 3.50. The van der Waals surface area contributed by atoms with E-state index in [-0.39, 0.29) is 5.92 Å². The first-order chi connectivity index (χ1) is 8.90. The summed E-state index contributed by atoms with van der Waals surface area (Å²) >= 11 is 0. The van der Waals surface area contributed by atoms with Crippen LogP contribution < -0.4 is 14.8 Å². The molecule has 0 aliphatic rings. The lowest BCUT2D eigenvalue weighted by Gasteiger charge is -2.28. The van der Waals surface area contributed by atoms with E-state index in [0.29, 0.717) is 13.1 Å². The number of nitrogens with one attached hydrogen (secondary N) is 1. The molecular weight excluding hydrogens is 242 g/mol. The first-order valence-electron chi connectivity index (χ1n) is 6.54. The second-order valence-electron chi connectivity index (χ2n) is 5.30. The molecule has 0 fully saturated rings. The van der Waals surface area contributed by atoms with Crippen molar-refractivity contribution < 1.29 is 14.6 Å². The molecule has 1 aromatic carbocycles. The van der Waals surface area contributed by atoms with Crippen molar-refractivity contribution in [2.45, 2.75) is 32.9 Å². The third-order valence-electron chi connectivity index (χ3n) is 3.50. The maximum atomic E-state index is 10.1. The molecular formula is C15H25NO3. The average Bonchev–Trinajstić information content (AvgIpc) is 2.38. The largest absolute Gasteiger partial charge is 0.493 e. The van der Waals surface area contributed by atoms with E-state index in [1.165, 1.54) is 0 Å². The molecule has 4 heteroatoms. The van der Waals surface area contributed by atoms with Crippen LogP contribution in [0.3, 0.4) is 0 Å². The lowest BCUT2D eigenvalue weighted by molar-refractivity contribution is 0.0140. The van der Waals surface area contributed by atoms with Gasteiger partial charge in [-0.05, 0) is 30.5 Å². The van der Waals surface area contributed by atoms with Crippen LogP contribution in [0, 0.1) is 5.92 Å². The molecule has 0 saturated carbocycles. The summed E-state index contributed by atoms with van der Waals surface area (Å²) in [4.78, 5) is 0. The van der Waals surface area contributed by atoms with Crippen LogP contribution in [-0.2, 0) is 6.54 Å².